The average Bonchev–Trinajstić information content (AvgIpc) is 2.56. The summed E-state index contributed by atoms with van der Waals surface area (Å²) in [5.41, 5.74) is 7.38. The summed E-state index contributed by atoms with van der Waals surface area (Å²) in [6, 6.07) is 6.07. The second-order valence-electron chi connectivity index (χ2n) is 4.00. The van der Waals surface area contributed by atoms with Gasteiger partial charge in [0.05, 0.1) is 11.4 Å². The maximum Gasteiger partial charge on any atom is 0.242 e. The Morgan fingerprint density at radius 2 is 2.00 bits per heavy atom. The van der Waals surface area contributed by atoms with Gasteiger partial charge in [0.15, 0.2) is 0 Å². The van der Waals surface area contributed by atoms with Gasteiger partial charge in [-0.2, -0.15) is 0 Å². The van der Waals surface area contributed by atoms with Crippen LogP contribution >= 0.6 is 22.6 Å². The van der Waals surface area contributed by atoms with Gasteiger partial charge >= 0.3 is 0 Å². The summed E-state index contributed by atoms with van der Waals surface area (Å²) in [5, 5.41) is 1.59. The van der Waals surface area contributed by atoms with Crippen molar-refractivity contribution >= 4 is 39.9 Å². The minimum absolute atomic E-state index is 0.00120. The first-order valence-corrected chi connectivity index (χ1v) is 6.13. The molecule has 1 aliphatic heterocycles. The smallest absolute Gasteiger partial charge is 0.242 e. The lowest BCUT2D eigenvalue weighted by Gasteiger charge is -2.15. The molecular weight excluding hydrogens is 315 g/mol. The highest BCUT2D eigenvalue weighted by molar-refractivity contribution is 14.1. The molecule has 84 valence electrons. The molecule has 3 nitrogen and oxygen atoms in total. The quantitative estimate of drug-likeness (QED) is 0.743. The zero-order valence-corrected chi connectivity index (χ0v) is 11.6. The second-order valence-corrected chi connectivity index (χ2v) is 5.25. The zero-order valence-electron chi connectivity index (χ0n) is 9.47. The Bertz CT molecular complexity index is 490. The first-order valence-electron chi connectivity index (χ1n) is 5.05. The molecule has 0 saturated heterocycles. The molecule has 1 aromatic rings. The summed E-state index contributed by atoms with van der Waals surface area (Å²) in [6.07, 6.45) is 0. The monoisotopic (exact) mass is 328 g/mol. The number of benzene rings is 1. The molecule has 1 N–H and O–H groups in total. The molecule has 16 heavy (non-hydrogen) atoms. The van der Waals surface area contributed by atoms with Crippen molar-refractivity contribution < 1.29 is 4.79 Å². The second kappa shape index (κ2) is 4.08. The molecule has 0 unspecified atom stereocenters. The Hall–Kier alpha value is -1.04. The predicted molar refractivity (Wildman–Crippen MR) is 73.7 cm³/mol. The van der Waals surface area contributed by atoms with Gasteiger partial charge in [-0.05, 0) is 54.6 Å². The van der Waals surface area contributed by atoms with Crippen molar-refractivity contribution in [3.8, 4) is 0 Å². The van der Waals surface area contributed by atoms with Crippen LogP contribution in [0.5, 0.6) is 0 Å². The topological polar surface area (TPSA) is 32.3 Å². The van der Waals surface area contributed by atoms with E-state index in [0.717, 1.165) is 16.9 Å². The van der Waals surface area contributed by atoms with Crippen LogP contribution in [0.2, 0.25) is 0 Å². The Morgan fingerprint density at radius 1 is 1.31 bits per heavy atom. The van der Waals surface area contributed by atoms with Crippen LogP contribution in [0.3, 0.4) is 0 Å². The fourth-order valence-corrected chi connectivity index (χ4v) is 2.26. The predicted octanol–water partition coefficient (Wildman–Crippen LogP) is 2.91. The van der Waals surface area contributed by atoms with Gasteiger partial charge < -0.3 is 0 Å². The van der Waals surface area contributed by atoms with Crippen molar-refractivity contribution in [3.63, 3.8) is 0 Å². The molecule has 4 heteroatoms. The van der Waals surface area contributed by atoms with Gasteiger partial charge in [0.25, 0.3) is 0 Å². The zero-order chi connectivity index (χ0) is 11.9. The molecule has 1 aliphatic rings. The Morgan fingerprint density at radius 3 is 2.56 bits per heavy atom. The molecule has 0 aromatic heterocycles. The molecule has 1 amide bonds. The molecule has 0 saturated carbocycles. The van der Waals surface area contributed by atoms with Crippen molar-refractivity contribution in [1.29, 1.82) is 0 Å². The third-order valence-corrected chi connectivity index (χ3v) is 3.18. The number of hydrogen-bond donors (Lipinski definition) is 1. The number of allylic oxidation sites excluding steroid dienone is 1. The molecule has 0 bridgehead atoms. The normalized spacial score (nSPS) is 13.5. The number of anilines is 1. The van der Waals surface area contributed by atoms with Gasteiger partial charge in [-0.1, -0.05) is 5.57 Å². The van der Waals surface area contributed by atoms with Gasteiger partial charge in [0.1, 0.15) is 0 Å². The standard InChI is InChI=1S/C12H13IN2O/c1-7(2)12-10-6-9(13)4-5-11(10)15(14-12)8(3)16/h4-6,14H,1-3H3. The van der Waals surface area contributed by atoms with E-state index in [0.29, 0.717) is 0 Å². The van der Waals surface area contributed by atoms with Crippen molar-refractivity contribution in [1.82, 2.24) is 5.43 Å². The molecule has 1 aromatic carbocycles. The summed E-state index contributed by atoms with van der Waals surface area (Å²) in [5.74, 6) is -0.00120. The third kappa shape index (κ3) is 1.81. The molecule has 2 rings (SSSR count). The molecule has 0 aliphatic carbocycles. The highest BCUT2D eigenvalue weighted by atomic mass is 127. The molecule has 0 radical (unpaired) electrons. The van der Waals surface area contributed by atoms with Crippen LogP contribution in [-0.2, 0) is 4.79 Å². The summed E-state index contributed by atoms with van der Waals surface area (Å²) in [4.78, 5) is 11.5. The summed E-state index contributed by atoms with van der Waals surface area (Å²) >= 11 is 2.28. The summed E-state index contributed by atoms with van der Waals surface area (Å²) in [7, 11) is 0. The van der Waals surface area contributed by atoms with Gasteiger partial charge in [0, 0.05) is 16.1 Å². The van der Waals surface area contributed by atoms with Crippen molar-refractivity contribution in [3.05, 3.63) is 32.9 Å². The third-order valence-electron chi connectivity index (χ3n) is 2.51. The van der Waals surface area contributed by atoms with Crippen LogP contribution in [0.15, 0.2) is 23.8 Å². The van der Waals surface area contributed by atoms with E-state index in [1.54, 1.807) is 11.9 Å². The van der Waals surface area contributed by atoms with Crippen LogP contribution in [0.4, 0.5) is 5.69 Å². The number of nitrogens with zero attached hydrogens (tertiary/aromatic N) is 1. The van der Waals surface area contributed by atoms with Gasteiger partial charge in [-0.15, -0.1) is 0 Å². The van der Waals surface area contributed by atoms with Gasteiger partial charge in [0.2, 0.25) is 5.91 Å². The molecule has 0 atom stereocenters. The number of amides is 1. The average molecular weight is 328 g/mol. The maximum atomic E-state index is 11.5. The lowest BCUT2D eigenvalue weighted by Crippen LogP contribution is -2.35. The van der Waals surface area contributed by atoms with Crippen LogP contribution in [0.1, 0.15) is 26.3 Å². The minimum atomic E-state index is -0.00120. The number of rotatable bonds is 0. The van der Waals surface area contributed by atoms with Gasteiger partial charge in [-0.3, -0.25) is 10.2 Å². The molecule has 0 fully saturated rings. The van der Waals surface area contributed by atoms with E-state index < -0.39 is 0 Å². The van der Waals surface area contributed by atoms with E-state index in [1.807, 2.05) is 26.0 Å². The van der Waals surface area contributed by atoms with E-state index in [-0.39, 0.29) is 5.91 Å². The van der Waals surface area contributed by atoms with Crippen LogP contribution in [0, 0.1) is 3.57 Å². The number of hydrogen-bond acceptors (Lipinski definition) is 2. The van der Waals surface area contributed by atoms with Crippen LogP contribution < -0.4 is 10.4 Å². The largest absolute Gasteiger partial charge is 0.291 e. The van der Waals surface area contributed by atoms with E-state index in [2.05, 4.69) is 34.1 Å². The SMILES string of the molecule is CC(=O)N1NC(=C(C)C)c2cc(I)ccc21. The maximum absolute atomic E-state index is 11.5. The Kier molecular flexibility index (Phi) is 2.92. The minimum Gasteiger partial charge on any atom is -0.291 e. The van der Waals surface area contributed by atoms with Crippen molar-refractivity contribution in [2.45, 2.75) is 20.8 Å². The first kappa shape index (κ1) is 11.4. The number of carbonyl (C=O) groups excluding carboxylic acids is 1. The fourth-order valence-electron chi connectivity index (χ4n) is 1.77. The molecule has 0 spiro atoms. The van der Waals surface area contributed by atoms with Crippen molar-refractivity contribution in [2.24, 2.45) is 0 Å². The van der Waals surface area contributed by atoms with E-state index in [4.69, 9.17) is 0 Å². The Balaban J connectivity index is 2.62. The van der Waals surface area contributed by atoms with E-state index >= 15 is 0 Å². The summed E-state index contributed by atoms with van der Waals surface area (Å²) < 4.78 is 1.17. The molecular formula is C12H13IN2O. The first-order chi connectivity index (χ1) is 7.50. The number of carbonyl (C=O) groups is 1. The highest BCUT2D eigenvalue weighted by Crippen LogP contribution is 2.34. The van der Waals surface area contributed by atoms with Crippen LogP contribution in [-0.4, -0.2) is 5.91 Å². The number of fused-ring (bicyclic) bond motifs is 1. The summed E-state index contributed by atoms with van der Waals surface area (Å²) in [6.45, 7) is 5.63. The van der Waals surface area contributed by atoms with Gasteiger partial charge in [-0.25, -0.2) is 5.01 Å². The Labute approximate surface area is 109 Å². The van der Waals surface area contributed by atoms with Crippen LogP contribution in [0.25, 0.3) is 5.70 Å². The lowest BCUT2D eigenvalue weighted by atomic mass is 10.1. The highest BCUT2D eigenvalue weighted by Gasteiger charge is 2.26. The number of halogens is 1. The number of nitrogens with one attached hydrogen (secondary N) is 1. The van der Waals surface area contributed by atoms with E-state index in [1.165, 1.54) is 9.14 Å². The molecule has 1 heterocycles. The number of hydrazine groups is 1. The van der Waals surface area contributed by atoms with E-state index in [9.17, 15) is 4.79 Å². The van der Waals surface area contributed by atoms with Crippen molar-refractivity contribution in [2.75, 3.05) is 5.01 Å². The lowest BCUT2D eigenvalue weighted by molar-refractivity contribution is -0.116. The fraction of sp³-hybridized carbons (Fsp3) is 0.250.